The number of rotatable bonds is 0. The summed E-state index contributed by atoms with van der Waals surface area (Å²) in [7, 11) is 0. The number of hydrogen-bond donors (Lipinski definition) is 0. The van der Waals surface area contributed by atoms with Crippen molar-refractivity contribution in [1.29, 1.82) is 0 Å². The molecule has 0 spiro atoms. The molecule has 56 valence electrons. The molecule has 1 aromatic heterocycles. The molecule has 11 heavy (non-hydrogen) atoms. The standard InChI is InChI=1S/C8H4Br2S/c9-5-3-7(10)6-1-2-11-8(6)4-5/h1-4H. The Bertz CT molecular complexity index is 392. The quantitative estimate of drug-likeness (QED) is 0.674. The first kappa shape index (κ1) is 7.77. The summed E-state index contributed by atoms with van der Waals surface area (Å²) in [6, 6.07) is 6.32. The molecule has 0 atom stereocenters. The minimum absolute atomic E-state index is 1.12. The summed E-state index contributed by atoms with van der Waals surface area (Å²) in [5.74, 6) is 0. The molecule has 0 nitrogen and oxygen atoms in total. The van der Waals surface area contributed by atoms with E-state index in [1.165, 1.54) is 10.1 Å². The van der Waals surface area contributed by atoms with Gasteiger partial charge >= 0.3 is 0 Å². The molecule has 0 amide bonds. The summed E-state index contributed by atoms with van der Waals surface area (Å²) in [6.45, 7) is 0. The van der Waals surface area contributed by atoms with Crippen molar-refractivity contribution < 1.29 is 0 Å². The van der Waals surface area contributed by atoms with Crippen LogP contribution in [0.15, 0.2) is 32.5 Å². The second kappa shape index (κ2) is 2.88. The van der Waals surface area contributed by atoms with Gasteiger partial charge in [-0.3, -0.25) is 0 Å². The number of fused-ring (bicyclic) bond motifs is 1. The van der Waals surface area contributed by atoms with Gasteiger partial charge in [0, 0.05) is 19.0 Å². The molecule has 0 radical (unpaired) electrons. The fraction of sp³-hybridized carbons (Fsp3) is 0. The molecule has 0 aliphatic carbocycles. The van der Waals surface area contributed by atoms with Crippen LogP contribution in [0.3, 0.4) is 0 Å². The molecular weight excluding hydrogens is 288 g/mol. The molecule has 1 heterocycles. The van der Waals surface area contributed by atoms with Crippen LogP contribution < -0.4 is 0 Å². The Morgan fingerprint density at radius 2 is 2.00 bits per heavy atom. The van der Waals surface area contributed by atoms with E-state index in [4.69, 9.17) is 0 Å². The number of halogens is 2. The predicted molar refractivity (Wildman–Crippen MR) is 57.2 cm³/mol. The van der Waals surface area contributed by atoms with E-state index in [0.29, 0.717) is 0 Å². The van der Waals surface area contributed by atoms with Crippen molar-refractivity contribution in [3.63, 3.8) is 0 Å². The zero-order valence-corrected chi connectivity index (χ0v) is 9.46. The Morgan fingerprint density at radius 3 is 2.82 bits per heavy atom. The van der Waals surface area contributed by atoms with E-state index in [1.807, 2.05) is 0 Å². The van der Waals surface area contributed by atoms with Gasteiger partial charge in [0.1, 0.15) is 0 Å². The van der Waals surface area contributed by atoms with Crippen LogP contribution in [0.1, 0.15) is 0 Å². The summed E-state index contributed by atoms with van der Waals surface area (Å²) in [5, 5.41) is 3.39. The summed E-state index contributed by atoms with van der Waals surface area (Å²) in [6.07, 6.45) is 0. The molecular formula is C8H4Br2S. The second-order valence-electron chi connectivity index (χ2n) is 2.22. The van der Waals surface area contributed by atoms with Crippen LogP contribution in [0.5, 0.6) is 0 Å². The lowest BCUT2D eigenvalue weighted by molar-refractivity contribution is 1.72. The third-order valence-corrected chi connectivity index (χ3v) is 3.46. The molecule has 0 bridgehead atoms. The van der Waals surface area contributed by atoms with Crippen molar-refractivity contribution >= 4 is 53.3 Å². The minimum Gasteiger partial charge on any atom is -0.144 e. The van der Waals surface area contributed by atoms with E-state index in [2.05, 4.69) is 55.4 Å². The molecule has 0 saturated carbocycles. The fourth-order valence-electron chi connectivity index (χ4n) is 0.996. The van der Waals surface area contributed by atoms with Gasteiger partial charge in [-0.15, -0.1) is 11.3 Å². The normalized spacial score (nSPS) is 10.7. The van der Waals surface area contributed by atoms with Crippen molar-refractivity contribution in [1.82, 2.24) is 0 Å². The van der Waals surface area contributed by atoms with E-state index in [9.17, 15) is 0 Å². The Hall–Kier alpha value is 0.140. The highest BCUT2D eigenvalue weighted by Gasteiger charge is 2.00. The van der Waals surface area contributed by atoms with E-state index in [0.717, 1.165) is 8.95 Å². The van der Waals surface area contributed by atoms with Crippen LogP contribution in [0.25, 0.3) is 10.1 Å². The molecule has 1 aromatic carbocycles. The third kappa shape index (κ3) is 1.37. The number of thiophene rings is 1. The van der Waals surface area contributed by atoms with Crippen LogP contribution in [0.2, 0.25) is 0 Å². The van der Waals surface area contributed by atoms with Crippen molar-refractivity contribution in [2.24, 2.45) is 0 Å². The van der Waals surface area contributed by atoms with Gasteiger partial charge in [-0.2, -0.15) is 0 Å². The largest absolute Gasteiger partial charge is 0.144 e. The van der Waals surface area contributed by atoms with Crippen molar-refractivity contribution in [3.8, 4) is 0 Å². The fourth-order valence-corrected chi connectivity index (χ4v) is 3.49. The topological polar surface area (TPSA) is 0 Å². The summed E-state index contributed by atoms with van der Waals surface area (Å²) < 4.78 is 3.59. The van der Waals surface area contributed by atoms with Gasteiger partial charge in [0.05, 0.1) is 0 Å². The van der Waals surface area contributed by atoms with E-state index < -0.39 is 0 Å². The lowest BCUT2D eigenvalue weighted by atomic mass is 10.3. The summed E-state index contributed by atoms with van der Waals surface area (Å²) in [5.41, 5.74) is 0. The maximum atomic E-state index is 3.50. The van der Waals surface area contributed by atoms with Gasteiger partial charge in [0.15, 0.2) is 0 Å². The maximum Gasteiger partial charge on any atom is 0.0365 e. The predicted octanol–water partition coefficient (Wildman–Crippen LogP) is 4.43. The first-order valence-corrected chi connectivity index (χ1v) is 5.56. The van der Waals surface area contributed by atoms with Gasteiger partial charge in [-0.1, -0.05) is 31.9 Å². The van der Waals surface area contributed by atoms with Crippen LogP contribution in [-0.2, 0) is 0 Å². The molecule has 2 rings (SSSR count). The molecule has 0 saturated heterocycles. The van der Waals surface area contributed by atoms with E-state index >= 15 is 0 Å². The zero-order valence-electron chi connectivity index (χ0n) is 5.47. The van der Waals surface area contributed by atoms with Crippen LogP contribution >= 0.6 is 43.2 Å². The molecule has 2 aromatic rings. The highest BCUT2D eigenvalue weighted by Crippen LogP contribution is 2.31. The number of hydrogen-bond acceptors (Lipinski definition) is 1. The van der Waals surface area contributed by atoms with Gasteiger partial charge in [-0.05, 0) is 23.6 Å². The maximum absolute atomic E-state index is 3.50. The lowest BCUT2D eigenvalue weighted by Crippen LogP contribution is -1.67. The average molecular weight is 292 g/mol. The van der Waals surface area contributed by atoms with Crippen molar-refractivity contribution in [2.45, 2.75) is 0 Å². The molecule has 0 aliphatic rings. The lowest BCUT2D eigenvalue weighted by Gasteiger charge is -1.94. The third-order valence-electron chi connectivity index (χ3n) is 1.49. The Morgan fingerprint density at radius 1 is 1.18 bits per heavy atom. The summed E-state index contributed by atoms with van der Waals surface area (Å²) in [4.78, 5) is 0. The van der Waals surface area contributed by atoms with E-state index in [-0.39, 0.29) is 0 Å². The highest BCUT2D eigenvalue weighted by molar-refractivity contribution is 9.11. The van der Waals surface area contributed by atoms with Crippen LogP contribution in [0.4, 0.5) is 0 Å². The smallest absolute Gasteiger partial charge is 0.0365 e. The summed E-state index contributed by atoms with van der Waals surface area (Å²) >= 11 is 8.70. The van der Waals surface area contributed by atoms with Gasteiger partial charge in [0.25, 0.3) is 0 Å². The monoisotopic (exact) mass is 290 g/mol. The van der Waals surface area contributed by atoms with Crippen molar-refractivity contribution in [2.75, 3.05) is 0 Å². The highest BCUT2D eigenvalue weighted by atomic mass is 79.9. The van der Waals surface area contributed by atoms with Gasteiger partial charge < -0.3 is 0 Å². The average Bonchev–Trinajstić information content (AvgIpc) is 2.34. The Balaban J connectivity index is 2.91. The minimum atomic E-state index is 1.12. The van der Waals surface area contributed by atoms with E-state index in [1.54, 1.807) is 11.3 Å². The Labute approximate surface area is 85.5 Å². The first-order chi connectivity index (χ1) is 5.27. The molecule has 0 N–H and O–H groups in total. The second-order valence-corrected chi connectivity index (χ2v) is 4.94. The van der Waals surface area contributed by atoms with Crippen molar-refractivity contribution in [3.05, 3.63) is 32.5 Å². The zero-order chi connectivity index (χ0) is 7.84. The molecule has 0 aliphatic heterocycles. The van der Waals surface area contributed by atoms with Crippen LogP contribution in [0, 0.1) is 0 Å². The SMILES string of the molecule is Brc1cc(Br)c2ccsc2c1. The number of benzene rings is 1. The van der Waals surface area contributed by atoms with Gasteiger partial charge in [-0.25, -0.2) is 0 Å². The van der Waals surface area contributed by atoms with Gasteiger partial charge in [0.2, 0.25) is 0 Å². The Kier molecular flexibility index (Phi) is 2.04. The molecule has 0 fully saturated rings. The van der Waals surface area contributed by atoms with Crippen LogP contribution in [-0.4, -0.2) is 0 Å². The first-order valence-electron chi connectivity index (χ1n) is 3.09. The molecule has 3 heteroatoms. The molecule has 0 unspecified atom stereocenters.